The zero-order chi connectivity index (χ0) is 20.6. The lowest BCUT2D eigenvalue weighted by Crippen LogP contribution is -2.31. The normalized spacial score (nSPS) is 11.4. The van der Waals surface area contributed by atoms with Crippen LogP contribution in [0.1, 0.15) is 34.1 Å². The van der Waals surface area contributed by atoms with E-state index < -0.39 is 11.9 Å². The summed E-state index contributed by atoms with van der Waals surface area (Å²) in [4.78, 5) is 40.3. The molecule has 0 fully saturated rings. The minimum Gasteiger partial charge on any atom is -0.369 e. The van der Waals surface area contributed by atoms with Crippen molar-refractivity contribution in [2.75, 3.05) is 5.32 Å². The van der Waals surface area contributed by atoms with Gasteiger partial charge in [0.15, 0.2) is 5.13 Å². The zero-order valence-corrected chi connectivity index (χ0v) is 16.3. The van der Waals surface area contributed by atoms with E-state index >= 15 is 0 Å². The summed E-state index contributed by atoms with van der Waals surface area (Å²) in [7, 11) is 0. The Morgan fingerprint density at radius 3 is 2.31 bits per heavy atom. The van der Waals surface area contributed by atoms with Crippen LogP contribution in [0.15, 0.2) is 66.0 Å². The molecule has 7 nitrogen and oxygen atoms in total. The van der Waals surface area contributed by atoms with Gasteiger partial charge in [0.2, 0.25) is 11.8 Å². The van der Waals surface area contributed by atoms with Gasteiger partial charge in [0.25, 0.3) is 5.91 Å². The lowest BCUT2D eigenvalue weighted by molar-refractivity contribution is -0.117. The predicted octanol–water partition coefficient (Wildman–Crippen LogP) is 2.67. The lowest BCUT2D eigenvalue weighted by Gasteiger charge is -2.19. The van der Waals surface area contributed by atoms with Crippen LogP contribution in [0.2, 0.25) is 0 Å². The van der Waals surface area contributed by atoms with Gasteiger partial charge in [-0.05, 0) is 17.7 Å². The number of anilines is 1. The summed E-state index contributed by atoms with van der Waals surface area (Å²) < 4.78 is 0. The number of hydrogen-bond donors (Lipinski definition) is 3. The zero-order valence-electron chi connectivity index (χ0n) is 15.5. The first-order chi connectivity index (χ1) is 14.0. The van der Waals surface area contributed by atoms with Crippen molar-refractivity contribution in [2.24, 2.45) is 5.73 Å². The molecule has 0 aliphatic carbocycles. The minimum atomic E-state index is -0.506. The number of primary amides is 1. The molecule has 0 spiro atoms. The first kappa shape index (κ1) is 20.2. The molecule has 0 aliphatic rings. The highest BCUT2D eigenvalue weighted by Crippen LogP contribution is 2.20. The third-order valence-corrected chi connectivity index (χ3v) is 4.89. The van der Waals surface area contributed by atoms with Crippen molar-refractivity contribution in [1.82, 2.24) is 10.3 Å². The van der Waals surface area contributed by atoms with Crippen LogP contribution >= 0.6 is 11.3 Å². The Morgan fingerprint density at radius 1 is 1.00 bits per heavy atom. The molecule has 3 rings (SSSR count). The molecule has 0 saturated heterocycles. The second-order valence-corrected chi connectivity index (χ2v) is 7.20. The molecule has 1 atom stereocenters. The van der Waals surface area contributed by atoms with Crippen LogP contribution in [0.25, 0.3) is 0 Å². The van der Waals surface area contributed by atoms with Crippen LogP contribution in [-0.4, -0.2) is 22.7 Å². The molecule has 2 aromatic carbocycles. The highest BCUT2D eigenvalue weighted by Gasteiger charge is 2.20. The first-order valence-corrected chi connectivity index (χ1v) is 9.82. The molecule has 3 aromatic rings. The van der Waals surface area contributed by atoms with E-state index in [1.807, 2.05) is 36.4 Å². The van der Waals surface area contributed by atoms with E-state index in [-0.39, 0.29) is 24.7 Å². The molecule has 8 heteroatoms. The van der Waals surface area contributed by atoms with E-state index in [1.165, 1.54) is 11.3 Å². The van der Waals surface area contributed by atoms with Crippen molar-refractivity contribution in [3.63, 3.8) is 0 Å². The Kier molecular flexibility index (Phi) is 6.70. The summed E-state index contributed by atoms with van der Waals surface area (Å²) in [5.74, 6) is -1.04. The van der Waals surface area contributed by atoms with Gasteiger partial charge in [-0.15, -0.1) is 11.3 Å². The van der Waals surface area contributed by atoms with Crippen molar-refractivity contribution in [3.05, 3.63) is 82.9 Å². The highest BCUT2D eigenvalue weighted by molar-refractivity contribution is 7.13. The van der Waals surface area contributed by atoms with E-state index in [1.54, 1.807) is 29.6 Å². The maximum Gasteiger partial charge on any atom is 0.251 e. The number of nitrogens with one attached hydrogen (secondary N) is 2. The number of nitrogens with zero attached hydrogens (tertiary/aromatic N) is 1. The maximum absolute atomic E-state index is 12.6. The van der Waals surface area contributed by atoms with Gasteiger partial charge in [0.1, 0.15) is 0 Å². The number of nitrogens with two attached hydrogens (primary N) is 1. The molecule has 0 saturated carbocycles. The quantitative estimate of drug-likeness (QED) is 0.532. The highest BCUT2D eigenvalue weighted by atomic mass is 32.1. The molecule has 0 bridgehead atoms. The van der Waals surface area contributed by atoms with Crippen molar-refractivity contribution in [2.45, 2.75) is 18.9 Å². The minimum absolute atomic E-state index is 0.0200. The largest absolute Gasteiger partial charge is 0.369 e. The lowest BCUT2D eigenvalue weighted by atomic mass is 10.0. The molecule has 1 aromatic heterocycles. The number of thiazole rings is 1. The molecule has 1 unspecified atom stereocenters. The Balaban J connectivity index is 1.69. The van der Waals surface area contributed by atoms with Crippen molar-refractivity contribution in [1.29, 1.82) is 0 Å². The van der Waals surface area contributed by atoms with Crippen LogP contribution in [-0.2, 0) is 16.0 Å². The molecular weight excluding hydrogens is 388 g/mol. The topological polar surface area (TPSA) is 114 Å². The summed E-state index contributed by atoms with van der Waals surface area (Å²) in [6, 6.07) is 17.6. The van der Waals surface area contributed by atoms with Gasteiger partial charge < -0.3 is 16.4 Å². The van der Waals surface area contributed by atoms with Crippen LogP contribution in [0, 0.1) is 0 Å². The summed E-state index contributed by atoms with van der Waals surface area (Å²) >= 11 is 1.22. The van der Waals surface area contributed by atoms with E-state index in [0.29, 0.717) is 16.4 Å². The molecular formula is C21H20N4O3S. The number of hydrogen-bond acceptors (Lipinski definition) is 5. The number of carbonyl (C=O) groups excluding carboxylic acids is 3. The van der Waals surface area contributed by atoms with Crippen LogP contribution in [0.5, 0.6) is 0 Å². The smallest absolute Gasteiger partial charge is 0.251 e. The SMILES string of the molecule is NC(=O)Cc1csc(NC(=O)CC(NC(=O)c2ccccc2)c2ccccc2)n1. The number of carbonyl (C=O) groups is 3. The van der Waals surface area contributed by atoms with Gasteiger partial charge >= 0.3 is 0 Å². The standard InChI is InChI=1S/C21H20N4O3S/c22-18(26)11-16-13-29-21(23-16)25-19(27)12-17(14-7-3-1-4-8-14)24-20(28)15-9-5-2-6-10-15/h1-10,13,17H,11-12H2,(H2,22,26)(H,24,28)(H,23,25,27). The Hall–Kier alpha value is -3.52. The van der Waals surface area contributed by atoms with E-state index in [9.17, 15) is 14.4 Å². The van der Waals surface area contributed by atoms with Crippen LogP contribution < -0.4 is 16.4 Å². The number of rotatable bonds is 8. The Bertz CT molecular complexity index is 989. The molecule has 1 heterocycles. The maximum atomic E-state index is 12.6. The summed E-state index contributed by atoms with van der Waals surface area (Å²) in [5, 5.41) is 7.69. The predicted molar refractivity (Wildman–Crippen MR) is 111 cm³/mol. The van der Waals surface area contributed by atoms with Crippen molar-refractivity contribution in [3.8, 4) is 0 Å². The number of amides is 3. The van der Waals surface area contributed by atoms with Gasteiger partial charge in [-0.1, -0.05) is 48.5 Å². The molecule has 0 radical (unpaired) electrons. The molecule has 148 valence electrons. The average molecular weight is 408 g/mol. The molecule has 4 N–H and O–H groups in total. The molecule has 0 aliphatic heterocycles. The van der Waals surface area contributed by atoms with Gasteiger partial charge in [-0.3, -0.25) is 14.4 Å². The van der Waals surface area contributed by atoms with Crippen LogP contribution in [0.3, 0.4) is 0 Å². The summed E-state index contributed by atoms with van der Waals surface area (Å²) in [5.41, 5.74) is 7.01. The van der Waals surface area contributed by atoms with Crippen molar-refractivity contribution < 1.29 is 14.4 Å². The third-order valence-electron chi connectivity index (χ3n) is 4.09. The van der Waals surface area contributed by atoms with Gasteiger partial charge in [-0.2, -0.15) is 0 Å². The summed E-state index contributed by atoms with van der Waals surface area (Å²) in [6.45, 7) is 0. The fourth-order valence-electron chi connectivity index (χ4n) is 2.75. The van der Waals surface area contributed by atoms with E-state index in [2.05, 4.69) is 15.6 Å². The fourth-order valence-corrected chi connectivity index (χ4v) is 3.47. The van der Waals surface area contributed by atoms with Gasteiger partial charge in [-0.25, -0.2) is 4.98 Å². The average Bonchev–Trinajstić information content (AvgIpc) is 3.14. The van der Waals surface area contributed by atoms with Crippen LogP contribution in [0.4, 0.5) is 5.13 Å². The molecule has 3 amide bonds. The number of aromatic nitrogens is 1. The number of benzene rings is 2. The third kappa shape index (κ3) is 5.98. The monoisotopic (exact) mass is 408 g/mol. The van der Waals surface area contributed by atoms with Gasteiger partial charge in [0.05, 0.1) is 24.6 Å². The van der Waals surface area contributed by atoms with E-state index in [4.69, 9.17) is 5.73 Å². The van der Waals surface area contributed by atoms with Gasteiger partial charge in [0, 0.05) is 10.9 Å². The first-order valence-electron chi connectivity index (χ1n) is 8.94. The Labute approximate surface area is 172 Å². The Morgan fingerprint density at radius 2 is 1.66 bits per heavy atom. The second-order valence-electron chi connectivity index (χ2n) is 6.34. The molecule has 29 heavy (non-hydrogen) atoms. The second kappa shape index (κ2) is 9.61. The fraction of sp³-hybridized carbons (Fsp3) is 0.143. The van der Waals surface area contributed by atoms with Crippen molar-refractivity contribution >= 4 is 34.2 Å². The summed E-state index contributed by atoms with van der Waals surface area (Å²) in [6.07, 6.45) is 0.0550. The van der Waals surface area contributed by atoms with E-state index in [0.717, 1.165) is 5.56 Å².